The Morgan fingerprint density at radius 1 is 1.21 bits per heavy atom. The molecule has 0 bridgehead atoms. The summed E-state index contributed by atoms with van der Waals surface area (Å²) in [5, 5.41) is 0. The normalized spacial score (nSPS) is 10.8. The molecule has 19 heavy (non-hydrogen) atoms. The van der Waals surface area contributed by atoms with Gasteiger partial charge in [0.2, 0.25) is 5.89 Å². The van der Waals surface area contributed by atoms with Crippen LogP contribution in [-0.2, 0) is 0 Å². The van der Waals surface area contributed by atoms with Crippen molar-refractivity contribution in [1.82, 2.24) is 4.98 Å². The molecule has 0 saturated heterocycles. The van der Waals surface area contributed by atoms with Crippen molar-refractivity contribution in [3.63, 3.8) is 0 Å². The van der Waals surface area contributed by atoms with E-state index in [4.69, 9.17) is 10.2 Å². The number of ketones is 1. The minimum atomic E-state index is -0.0409. The van der Waals surface area contributed by atoms with E-state index in [-0.39, 0.29) is 5.78 Å². The molecule has 0 saturated carbocycles. The number of hydrogen-bond acceptors (Lipinski definition) is 4. The molecule has 0 atom stereocenters. The second kappa shape index (κ2) is 4.24. The number of nitrogens with zero attached hydrogens (tertiary/aromatic N) is 1. The summed E-state index contributed by atoms with van der Waals surface area (Å²) in [6.07, 6.45) is 0. The molecule has 0 aliphatic rings. The number of carbonyl (C=O) groups is 1. The van der Waals surface area contributed by atoms with E-state index in [0.717, 1.165) is 5.56 Å². The fraction of sp³-hybridized carbons (Fsp3) is 0.0667. The van der Waals surface area contributed by atoms with Crippen LogP contribution in [0.2, 0.25) is 0 Å². The van der Waals surface area contributed by atoms with E-state index in [1.165, 1.54) is 6.92 Å². The highest BCUT2D eigenvalue weighted by Crippen LogP contribution is 2.27. The fourth-order valence-corrected chi connectivity index (χ4v) is 2.02. The lowest BCUT2D eigenvalue weighted by Gasteiger charge is -1.96. The van der Waals surface area contributed by atoms with Gasteiger partial charge in [-0.05, 0) is 37.3 Å². The number of nitrogens with two attached hydrogens (primary N) is 1. The van der Waals surface area contributed by atoms with Crippen LogP contribution in [0.3, 0.4) is 0 Å². The molecule has 2 aromatic carbocycles. The van der Waals surface area contributed by atoms with Crippen molar-refractivity contribution in [2.24, 2.45) is 0 Å². The number of rotatable bonds is 2. The average molecular weight is 252 g/mol. The molecular formula is C15H12N2O2. The van der Waals surface area contributed by atoms with Crippen LogP contribution in [0.25, 0.3) is 22.6 Å². The van der Waals surface area contributed by atoms with Gasteiger partial charge in [0, 0.05) is 11.3 Å². The molecule has 3 rings (SSSR count). The number of hydrogen-bond donors (Lipinski definition) is 1. The van der Waals surface area contributed by atoms with E-state index in [0.29, 0.717) is 28.2 Å². The van der Waals surface area contributed by atoms with Crippen molar-refractivity contribution in [3.8, 4) is 11.5 Å². The van der Waals surface area contributed by atoms with Crippen molar-refractivity contribution < 1.29 is 9.21 Å². The third-order valence-electron chi connectivity index (χ3n) is 2.93. The first-order valence-electron chi connectivity index (χ1n) is 5.91. The van der Waals surface area contributed by atoms with Crippen LogP contribution >= 0.6 is 0 Å². The summed E-state index contributed by atoms with van der Waals surface area (Å²) in [6, 6.07) is 12.6. The van der Waals surface area contributed by atoms with Crippen LogP contribution in [0, 0.1) is 0 Å². The van der Waals surface area contributed by atoms with Gasteiger partial charge in [0.15, 0.2) is 11.4 Å². The van der Waals surface area contributed by atoms with E-state index in [1.54, 1.807) is 24.3 Å². The van der Waals surface area contributed by atoms with Gasteiger partial charge in [-0.15, -0.1) is 0 Å². The van der Waals surface area contributed by atoms with Gasteiger partial charge in [-0.3, -0.25) is 4.79 Å². The first-order chi connectivity index (χ1) is 9.15. The highest BCUT2D eigenvalue weighted by molar-refractivity contribution is 6.04. The number of carbonyl (C=O) groups excluding carboxylic acids is 1. The molecule has 0 aliphatic heterocycles. The summed E-state index contributed by atoms with van der Waals surface area (Å²) < 4.78 is 5.71. The van der Waals surface area contributed by atoms with Gasteiger partial charge in [-0.2, -0.15) is 0 Å². The molecule has 1 heterocycles. The van der Waals surface area contributed by atoms with Crippen molar-refractivity contribution >= 4 is 22.6 Å². The SMILES string of the molecule is CC(=O)c1cccc2nc(-c3cccc(N)c3)oc12. The zero-order valence-corrected chi connectivity index (χ0v) is 10.4. The van der Waals surface area contributed by atoms with Crippen LogP contribution in [0.5, 0.6) is 0 Å². The summed E-state index contributed by atoms with van der Waals surface area (Å²) in [6.45, 7) is 1.51. The fourth-order valence-electron chi connectivity index (χ4n) is 2.02. The number of anilines is 1. The molecule has 94 valence electrons. The van der Waals surface area contributed by atoms with E-state index in [1.807, 2.05) is 18.2 Å². The van der Waals surface area contributed by atoms with Gasteiger partial charge >= 0.3 is 0 Å². The van der Waals surface area contributed by atoms with Crippen molar-refractivity contribution in [2.45, 2.75) is 6.92 Å². The van der Waals surface area contributed by atoms with Gasteiger partial charge in [-0.25, -0.2) is 4.98 Å². The lowest BCUT2D eigenvalue weighted by molar-refractivity contribution is 0.101. The first-order valence-corrected chi connectivity index (χ1v) is 5.91. The quantitative estimate of drug-likeness (QED) is 0.561. The number of aromatic nitrogens is 1. The van der Waals surface area contributed by atoms with E-state index in [2.05, 4.69) is 4.98 Å². The summed E-state index contributed by atoms with van der Waals surface area (Å²) in [4.78, 5) is 15.9. The number of oxazole rings is 1. The molecule has 0 fully saturated rings. The number of fused-ring (bicyclic) bond motifs is 1. The van der Waals surface area contributed by atoms with Crippen molar-refractivity contribution in [1.29, 1.82) is 0 Å². The van der Waals surface area contributed by atoms with Gasteiger partial charge in [-0.1, -0.05) is 12.1 Å². The van der Waals surface area contributed by atoms with Crippen molar-refractivity contribution in [2.75, 3.05) is 5.73 Å². The molecule has 0 radical (unpaired) electrons. The smallest absolute Gasteiger partial charge is 0.227 e. The van der Waals surface area contributed by atoms with Crippen LogP contribution < -0.4 is 5.73 Å². The predicted molar refractivity (Wildman–Crippen MR) is 73.9 cm³/mol. The van der Waals surface area contributed by atoms with Crippen LogP contribution in [0.4, 0.5) is 5.69 Å². The summed E-state index contributed by atoms with van der Waals surface area (Å²) >= 11 is 0. The zero-order chi connectivity index (χ0) is 13.4. The Labute approximate surface area is 109 Å². The standard InChI is InChI=1S/C15H12N2O2/c1-9(18)12-6-3-7-13-14(12)19-15(17-13)10-4-2-5-11(16)8-10/h2-8H,16H2,1H3. The molecule has 2 N–H and O–H groups in total. The lowest BCUT2D eigenvalue weighted by atomic mass is 10.1. The van der Waals surface area contributed by atoms with Gasteiger partial charge in [0.05, 0.1) is 5.56 Å². The van der Waals surface area contributed by atoms with Gasteiger partial charge in [0.1, 0.15) is 5.52 Å². The lowest BCUT2D eigenvalue weighted by Crippen LogP contribution is -1.91. The summed E-state index contributed by atoms with van der Waals surface area (Å²) in [7, 11) is 0. The maximum absolute atomic E-state index is 11.6. The topological polar surface area (TPSA) is 69.1 Å². The third-order valence-corrected chi connectivity index (χ3v) is 2.93. The highest BCUT2D eigenvalue weighted by atomic mass is 16.3. The molecule has 1 aromatic heterocycles. The van der Waals surface area contributed by atoms with E-state index < -0.39 is 0 Å². The average Bonchev–Trinajstić information content (AvgIpc) is 2.82. The Hall–Kier alpha value is -2.62. The summed E-state index contributed by atoms with van der Waals surface area (Å²) in [5.41, 5.74) is 8.92. The maximum atomic E-state index is 11.6. The number of Topliss-reactive ketones (excluding diaryl/α,β-unsaturated/α-hetero) is 1. The van der Waals surface area contributed by atoms with Gasteiger partial charge in [0.25, 0.3) is 0 Å². The molecule has 4 nitrogen and oxygen atoms in total. The zero-order valence-electron chi connectivity index (χ0n) is 10.4. The molecule has 3 aromatic rings. The Bertz CT molecular complexity index is 775. The van der Waals surface area contributed by atoms with E-state index >= 15 is 0 Å². The Kier molecular flexibility index (Phi) is 2.56. The van der Waals surface area contributed by atoms with Crippen LogP contribution in [0.15, 0.2) is 46.9 Å². The Morgan fingerprint density at radius 3 is 2.74 bits per heavy atom. The maximum Gasteiger partial charge on any atom is 0.227 e. The first kappa shape index (κ1) is 11.5. The van der Waals surface area contributed by atoms with Crippen molar-refractivity contribution in [3.05, 3.63) is 48.0 Å². The monoisotopic (exact) mass is 252 g/mol. The third kappa shape index (κ3) is 1.97. The minimum Gasteiger partial charge on any atom is -0.435 e. The largest absolute Gasteiger partial charge is 0.435 e. The predicted octanol–water partition coefficient (Wildman–Crippen LogP) is 3.28. The second-order valence-electron chi connectivity index (χ2n) is 4.35. The second-order valence-corrected chi connectivity index (χ2v) is 4.35. The number of benzene rings is 2. The number of para-hydroxylation sites is 1. The van der Waals surface area contributed by atoms with Gasteiger partial charge < -0.3 is 10.2 Å². The Balaban J connectivity index is 2.22. The molecule has 0 spiro atoms. The van der Waals surface area contributed by atoms with E-state index in [9.17, 15) is 4.79 Å². The highest BCUT2D eigenvalue weighted by Gasteiger charge is 2.13. The van der Waals surface area contributed by atoms with Crippen LogP contribution in [0.1, 0.15) is 17.3 Å². The molecule has 0 amide bonds. The molecule has 0 unspecified atom stereocenters. The molecular weight excluding hydrogens is 240 g/mol. The van der Waals surface area contributed by atoms with Crippen LogP contribution in [-0.4, -0.2) is 10.8 Å². The molecule has 4 heteroatoms. The Morgan fingerprint density at radius 2 is 2.00 bits per heavy atom. The minimum absolute atomic E-state index is 0.0409. The summed E-state index contributed by atoms with van der Waals surface area (Å²) in [5.74, 6) is 0.428. The molecule has 0 aliphatic carbocycles. The number of nitrogen functional groups attached to an aromatic ring is 1.